The first kappa shape index (κ1) is 10.2. The molecule has 3 heteroatoms. The van der Waals surface area contributed by atoms with Gasteiger partial charge in [0.15, 0.2) is 0 Å². The van der Waals surface area contributed by atoms with Gasteiger partial charge in [0.2, 0.25) is 0 Å². The molecule has 0 saturated carbocycles. The highest BCUT2D eigenvalue weighted by Crippen LogP contribution is 1.91. The van der Waals surface area contributed by atoms with E-state index >= 15 is 0 Å². The first-order valence-corrected chi connectivity index (χ1v) is 4.27. The topological polar surface area (TPSA) is 23.5 Å². The summed E-state index contributed by atoms with van der Waals surface area (Å²) in [5.41, 5.74) is 0. The molecule has 0 aliphatic rings. The second-order valence-electron chi connectivity index (χ2n) is 2.20. The maximum Gasteiger partial charge on any atom is 0.0558 e. The maximum absolute atomic E-state index is 8.59. The number of halogens is 1. The fraction of sp³-hybridized carbons (Fsp3) is 1.00. The first-order valence-electron chi connectivity index (χ1n) is 3.74. The zero-order valence-corrected chi connectivity index (χ0v) is 7.27. The minimum Gasteiger partial charge on any atom is -0.395 e. The highest BCUT2D eigenvalue weighted by molar-refractivity contribution is 6.17. The van der Waals surface area contributed by atoms with Crippen LogP contribution in [0.3, 0.4) is 0 Å². The van der Waals surface area contributed by atoms with Gasteiger partial charge >= 0.3 is 0 Å². The molecule has 62 valence electrons. The Morgan fingerprint density at radius 2 is 2.10 bits per heavy atom. The molecule has 0 aliphatic carbocycles. The average Bonchev–Trinajstić information content (AvgIpc) is 1.98. The molecular weight excluding hydrogens is 150 g/mol. The fourth-order valence-electron chi connectivity index (χ4n) is 0.853. The molecule has 0 aromatic heterocycles. The summed E-state index contributed by atoms with van der Waals surface area (Å²) in [6, 6.07) is 0. The molecule has 0 amide bonds. The van der Waals surface area contributed by atoms with E-state index in [2.05, 4.69) is 11.8 Å². The van der Waals surface area contributed by atoms with Crippen molar-refractivity contribution in [1.82, 2.24) is 4.90 Å². The highest BCUT2D eigenvalue weighted by Gasteiger charge is 1.98. The largest absolute Gasteiger partial charge is 0.395 e. The van der Waals surface area contributed by atoms with Crippen LogP contribution in [0.5, 0.6) is 0 Å². The normalized spacial score (nSPS) is 10.8. The molecule has 0 radical (unpaired) electrons. The molecule has 2 nitrogen and oxygen atoms in total. The number of aliphatic hydroxyl groups excluding tert-OH is 1. The lowest BCUT2D eigenvalue weighted by molar-refractivity contribution is 0.202. The van der Waals surface area contributed by atoms with Crippen LogP contribution in [0.4, 0.5) is 0 Å². The van der Waals surface area contributed by atoms with Gasteiger partial charge in [-0.3, -0.25) is 0 Å². The second kappa shape index (κ2) is 7.32. The van der Waals surface area contributed by atoms with E-state index < -0.39 is 0 Å². The van der Waals surface area contributed by atoms with Crippen molar-refractivity contribution in [3.63, 3.8) is 0 Å². The predicted octanol–water partition coefficient (Wildman–Crippen LogP) is 0.929. The number of nitrogens with zero attached hydrogens (tertiary/aromatic N) is 1. The molecule has 0 heterocycles. The van der Waals surface area contributed by atoms with Gasteiger partial charge in [-0.05, 0) is 19.5 Å². The van der Waals surface area contributed by atoms with Crippen LogP contribution in [0.15, 0.2) is 0 Å². The zero-order chi connectivity index (χ0) is 7.82. The van der Waals surface area contributed by atoms with E-state index in [1.165, 1.54) is 0 Å². The van der Waals surface area contributed by atoms with Crippen molar-refractivity contribution in [1.29, 1.82) is 0 Å². The Kier molecular flexibility index (Phi) is 7.47. The smallest absolute Gasteiger partial charge is 0.0558 e. The molecule has 0 aromatic rings. The van der Waals surface area contributed by atoms with Crippen molar-refractivity contribution in [3.8, 4) is 0 Å². The third-order valence-electron chi connectivity index (χ3n) is 1.47. The lowest BCUT2D eigenvalue weighted by Crippen LogP contribution is -2.27. The summed E-state index contributed by atoms with van der Waals surface area (Å²) in [6.45, 7) is 5.10. The van der Waals surface area contributed by atoms with Crippen molar-refractivity contribution in [2.75, 3.05) is 32.1 Å². The van der Waals surface area contributed by atoms with Crippen LogP contribution in [-0.4, -0.2) is 42.1 Å². The van der Waals surface area contributed by atoms with Gasteiger partial charge in [-0.25, -0.2) is 0 Å². The van der Waals surface area contributed by atoms with E-state index in [0.29, 0.717) is 5.88 Å². The lowest BCUT2D eigenvalue weighted by Gasteiger charge is -2.17. The Morgan fingerprint density at radius 1 is 1.40 bits per heavy atom. The molecule has 0 aliphatic heterocycles. The third-order valence-corrected chi connectivity index (χ3v) is 1.74. The van der Waals surface area contributed by atoms with Gasteiger partial charge in [-0.1, -0.05) is 6.92 Å². The van der Waals surface area contributed by atoms with E-state index in [0.717, 1.165) is 26.1 Å². The summed E-state index contributed by atoms with van der Waals surface area (Å²) >= 11 is 5.51. The van der Waals surface area contributed by atoms with E-state index in [4.69, 9.17) is 16.7 Å². The number of aliphatic hydroxyl groups is 1. The Balaban J connectivity index is 3.21. The van der Waals surface area contributed by atoms with E-state index in [1.807, 2.05) is 0 Å². The van der Waals surface area contributed by atoms with Gasteiger partial charge in [0.05, 0.1) is 6.61 Å². The maximum atomic E-state index is 8.59. The predicted molar refractivity (Wildman–Crippen MR) is 44.5 cm³/mol. The summed E-state index contributed by atoms with van der Waals surface area (Å²) in [4.78, 5) is 2.18. The molecule has 0 saturated heterocycles. The van der Waals surface area contributed by atoms with Gasteiger partial charge in [0, 0.05) is 12.4 Å². The molecule has 0 fully saturated rings. The van der Waals surface area contributed by atoms with Crippen LogP contribution in [0.1, 0.15) is 13.3 Å². The third kappa shape index (κ3) is 5.03. The van der Waals surface area contributed by atoms with E-state index in [-0.39, 0.29) is 6.61 Å². The van der Waals surface area contributed by atoms with Crippen molar-refractivity contribution < 1.29 is 5.11 Å². The van der Waals surface area contributed by atoms with Crippen LogP contribution < -0.4 is 0 Å². The molecule has 10 heavy (non-hydrogen) atoms. The van der Waals surface area contributed by atoms with Crippen LogP contribution in [0, 0.1) is 0 Å². The van der Waals surface area contributed by atoms with E-state index in [1.54, 1.807) is 0 Å². The minimum atomic E-state index is 0.246. The molecule has 0 unspecified atom stereocenters. The van der Waals surface area contributed by atoms with Crippen LogP contribution in [0.2, 0.25) is 0 Å². The molecule has 0 rings (SSSR count). The molecule has 1 N–H and O–H groups in total. The fourth-order valence-corrected chi connectivity index (χ4v) is 0.972. The van der Waals surface area contributed by atoms with Gasteiger partial charge in [-0.2, -0.15) is 0 Å². The highest BCUT2D eigenvalue weighted by atomic mass is 35.5. The summed E-state index contributed by atoms with van der Waals surface area (Å²) in [7, 11) is 0. The number of likely N-dealkylation sites (N-methyl/N-ethyl adjacent to an activating group) is 1. The number of alkyl halides is 1. The van der Waals surface area contributed by atoms with Gasteiger partial charge in [0.25, 0.3) is 0 Å². The van der Waals surface area contributed by atoms with Crippen molar-refractivity contribution in [2.24, 2.45) is 0 Å². The number of rotatable bonds is 6. The molecule has 0 spiro atoms. The first-order chi connectivity index (χ1) is 4.85. The quantitative estimate of drug-likeness (QED) is 0.592. The monoisotopic (exact) mass is 165 g/mol. The lowest BCUT2D eigenvalue weighted by atomic mass is 10.4. The Bertz CT molecular complexity index is 70.6. The summed E-state index contributed by atoms with van der Waals surface area (Å²) in [5.74, 6) is 0.710. The Labute approximate surface area is 67.8 Å². The van der Waals surface area contributed by atoms with E-state index in [9.17, 15) is 0 Å². The average molecular weight is 166 g/mol. The van der Waals surface area contributed by atoms with Crippen molar-refractivity contribution in [3.05, 3.63) is 0 Å². The van der Waals surface area contributed by atoms with Crippen molar-refractivity contribution >= 4 is 11.6 Å². The minimum absolute atomic E-state index is 0.246. The molecule has 0 atom stereocenters. The second-order valence-corrected chi connectivity index (χ2v) is 2.58. The van der Waals surface area contributed by atoms with Gasteiger partial charge in [0.1, 0.15) is 0 Å². The molecule has 0 bridgehead atoms. The molecule has 0 aromatic carbocycles. The summed E-state index contributed by atoms with van der Waals surface area (Å²) in [6.07, 6.45) is 1.01. The van der Waals surface area contributed by atoms with Crippen LogP contribution in [0.25, 0.3) is 0 Å². The van der Waals surface area contributed by atoms with Crippen LogP contribution >= 0.6 is 11.6 Å². The standard InChI is InChI=1S/C7H16ClNO/c1-2-9(6-7-10)5-3-4-8/h10H,2-7H2,1H3. The Hall–Kier alpha value is 0.210. The Morgan fingerprint density at radius 3 is 2.50 bits per heavy atom. The van der Waals surface area contributed by atoms with Crippen molar-refractivity contribution in [2.45, 2.75) is 13.3 Å². The number of hydrogen-bond acceptors (Lipinski definition) is 2. The number of hydrogen-bond donors (Lipinski definition) is 1. The van der Waals surface area contributed by atoms with Crippen LogP contribution in [-0.2, 0) is 0 Å². The van der Waals surface area contributed by atoms with Gasteiger partial charge < -0.3 is 10.0 Å². The summed E-state index contributed by atoms with van der Waals surface area (Å²) in [5, 5.41) is 8.59. The van der Waals surface area contributed by atoms with Gasteiger partial charge in [-0.15, -0.1) is 11.6 Å². The SMILES string of the molecule is CCN(CCO)CCCCl. The zero-order valence-electron chi connectivity index (χ0n) is 6.52. The summed E-state index contributed by atoms with van der Waals surface area (Å²) < 4.78 is 0. The molecular formula is C7H16ClNO.